The fraction of sp³-hybridized carbons (Fsp3) is 0.375. The molecule has 0 amide bonds. The first-order valence-electron chi connectivity index (χ1n) is 6.98. The predicted octanol–water partition coefficient (Wildman–Crippen LogP) is 2.71. The molecule has 20 heavy (non-hydrogen) atoms. The molecule has 1 saturated carbocycles. The standard InChI is InChI=1S/C16H18N2O2/c19-15(20)14-12-16(14,13-6-2-1-3-7-13)8-4-10-18-11-5-9-17-18/h1-3,5-7,9,11,14H,4,8,10,12H2,(H,19,20). The fourth-order valence-electron chi connectivity index (χ4n) is 3.13. The highest BCUT2D eigenvalue weighted by atomic mass is 16.4. The van der Waals surface area contributed by atoms with E-state index in [9.17, 15) is 9.90 Å². The molecule has 2 atom stereocenters. The molecule has 1 aromatic heterocycles. The molecule has 2 unspecified atom stereocenters. The van der Waals surface area contributed by atoms with Crippen LogP contribution in [0.5, 0.6) is 0 Å². The van der Waals surface area contributed by atoms with Gasteiger partial charge >= 0.3 is 5.97 Å². The van der Waals surface area contributed by atoms with Crippen LogP contribution >= 0.6 is 0 Å². The first-order valence-corrected chi connectivity index (χ1v) is 6.98. The van der Waals surface area contributed by atoms with E-state index in [0.717, 1.165) is 31.4 Å². The number of aliphatic carboxylic acids is 1. The Hall–Kier alpha value is -2.10. The molecule has 0 radical (unpaired) electrons. The first kappa shape index (κ1) is 12.9. The summed E-state index contributed by atoms with van der Waals surface area (Å²) in [4.78, 5) is 11.3. The molecule has 4 nitrogen and oxygen atoms in total. The summed E-state index contributed by atoms with van der Waals surface area (Å²) in [5.41, 5.74) is 0.994. The largest absolute Gasteiger partial charge is 0.481 e. The van der Waals surface area contributed by atoms with Crippen molar-refractivity contribution in [1.29, 1.82) is 0 Å². The van der Waals surface area contributed by atoms with E-state index < -0.39 is 5.97 Å². The van der Waals surface area contributed by atoms with Crippen LogP contribution in [-0.2, 0) is 16.8 Å². The smallest absolute Gasteiger partial charge is 0.307 e. The van der Waals surface area contributed by atoms with Crippen LogP contribution in [0.4, 0.5) is 0 Å². The average molecular weight is 270 g/mol. The lowest BCUT2D eigenvalue weighted by Gasteiger charge is -2.17. The molecule has 4 heteroatoms. The van der Waals surface area contributed by atoms with Crippen molar-refractivity contribution >= 4 is 5.97 Å². The van der Waals surface area contributed by atoms with Crippen molar-refractivity contribution < 1.29 is 9.90 Å². The monoisotopic (exact) mass is 270 g/mol. The van der Waals surface area contributed by atoms with Crippen molar-refractivity contribution in [3.8, 4) is 0 Å². The van der Waals surface area contributed by atoms with Crippen molar-refractivity contribution in [2.75, 3.05) is 0 Å². The minimum atomic E-state index is -0.673. The summed E-state index contributed by atoms with van der Waals surface area (Å²) in [5, 5.41) is 13.5. The van der Waals surface area contributed by atoms with E-state index in [1.807, 2.05) is 35.1 Å². The molecule has 1 aliphatic carbocycles. The maximum atomic E-state index is 11.3. The Balaban J connectivity index is 1.70. The van der Waals surface area contributed by atoms with Gasteiger partial charge in [-0.1, -0.05) is 30.3 Å². The Morgan fingerprint density at radius 3 is 2.75 bits per heavy atom. The van der Waals surface area contributed by atoms with Crippen molar-refractivity contribution in [3.05, 3.63) is 54.4 Å². The third kappa shape index (κ3) is 2.33. The lowest BCUT2D eigenvalue weighted by Crippen LogP contribution is -2.16. The Morgan fingerprint density at radius 1 is 1.35 bits per heavy atom. The molecule has 2 aromatic rings. The fourth-order valence-corrected chi connectivity index (χ4v) is 3.13. The summed E-state index contributed by atoms with van der Waals surface area (Å²) in [6.07, 6.45) is 6.31. The Bertz CT molecular complexity index is 580. The summed E-state index contributed by atoms with van der Waals surface area (Å²) in [6.45, 7) is 0.841. The molecule has 104 valence electrons. The highest BCUT2D eigenvalue weighted by molar-refractivity contribution is 5.77. The van der Waals surface area contributed by atoms with E-state index in [-0.39, 0.29) is 11.3 Å². The summed E-state index contributed by atoms with van der Waals surface area (Å²) in [6, 6.07) is 12.0. The van der Waals surface area contributed by atoms with E-state index in [1.165, 1.54) is 0 Å². The SMILES string of the molecule is O=C(O)C1CC1(CCCn1cccn1)c1ccccc1. The maximum Gasteiger partial charge on any atom is 0.307 e. The highest BCUT2D eigenvalue weighted by Gasteiger charge is 2.58. The number of aromatic nitrogens is 2. The van der Waals surface area contributed by atoms with Crippen molar-refractivity contribution in [2.45, 2.75) is 31.2 Å². The molecule has 1 aliphatic rings. The molecule has 1 N–H and O–H groups in total. The average Bonchev–Trinajstić information content (AvgIpc) is 2.98. The van der Waals surface area contributed by atoms with Gasteiger partial charge < -0.3 is 5.11 Å². The Kier molecular flexibility index (Phi) is 3.30. The number of nitrogens with zero attached hydrogens (tertiary/aromatic N) is 2. The molecule has 0 bridgehead atoms. The zero-order valence-electron chi connectivity index (χ0n) is 11.3. The number of aryl methyl sites for hydroxylation is 1. The predicted molar refractivity (Wildman–Crippen MR) is 75.3 cm³/mol. The van der Waals surface area contributed by atoms with Gasteiger partial charge in [0.2, 0.25) is 0 Å². The third-order valence-corrected chi connectivity index (χ3v) is 4.29. The normalized spacial score (nSPS) is 24.5. The van der Waals surface area contributed by atoms with Crippen molar-refractivity contribution in [1.82, 2.24) is 9.78 Å². The quantitative estimate of drug-likeness (QED) is 0.878. The van der Waals surface area contributed by atoms with Gasteiger partial charge in [-0.25, -0.2) is 0 Å². The van der Waals surface area contributed by atoms with E-state index in [2.05, 4.69) is 17.2 Å². The van der Waals surface area contributed by atoms with Gasteiger partial charge in [0.25, 0.3) is 0 Å². The number of carboxylic acids is 1. The zero-order chi connectivity index (χ0) is 14.0. The van der Waals surface area contributed by atoms with E-state index in [0.29, 0.717) is 0 Å². The molecule has 0 saturated heterocycles. The van der Waals surface area contributed by atoms with Crippen molar-refractivity contribution in [2.24, 2.45) is 5.92 Å². The summed E-state index contributed by atoms with van der Waals surface area (Å²) >= 11 is 0. The summed E-state index contributed by atoms with van der Waals surface area (Å²) in [7, 11) is 0. The number of hydrogen-bond donors (Lipinski definition) is 1. The number of rotatable bonds is 6. The molecular weight excluding hydrogens is 252 g/mol. The van der Waals surface area contributed by atoms with Crippen LogP contribution in [0.15, 0.2) is 48.8 Å². The summed E-state index contributed by atoms with van der Waals surface area (Å²) < 4.78 is 1.90. The van der Waals surface area contributed by atoms with Crippen LogP contribution in [-0.4, -0.2) is 20.9 Å². The number of carboxylic acid groups (broad SMARTS) is 1. The number of carbonyl (C=O) groups is 1. The molecule has 3 rings (SSSR count). The molecule has 1 heterocycles. The highest BCUT2D eigenvalue weighted by Crippen LogP contribution is 2.57. The van der Waals surface area contributed by atoms with Gasteiger partial charge in [0.1, 0.15) is 0 Å². The van der Waals surface area contributed by atoms with E-state index in [4.69, 9.17) is 0 Å². The molecule has 0 aliphatic heterocycles. The number of benzene rings is 1. The third-order valence-electron chi connectivity index (χ3n) is 4.29. The molecule has 1 aromatic carbocycles. The van der Waals surface area contributed by atoms with Gasteiger partial charge in [-0.15, -0.1) is 0 Å². The maximum absolute atomic E-state index is 11.3. The Labute approximate surface area is 118 Å². The van der Waals surface area contributed by atoms with E-state index >= 15 is 0 Å². The Morgan fingerprint density at radius 2 is 2.15 bits per heavy atom. The van der Waals surface area contributed by atoms with Crippen LogP contribution < -0.4 is 0 Å². The van der Waals surface area contributed by atoms with Gasteiger partial charge in [-0.05, 0) is 30.9 Å². The second-order valence-corrected chi connectivity index (χ2v) is 5.49. The van der Waals surface area contributed by atoms with Gasteiger partial charge in [0.05, 0.1) is 5.92 Å². The minimum absolute atomic E-state index is 0.166. The second-order valence-electron chi connectivity index (χ2n) is 5.49. The van der Waals surface area contributed by atoms with Crippen LogP contribution in [0.1, 0.15) is 24.8 Å². The lowest BCUT2D eigenvalue weighted by atomic mass is 9.88. The minimum Gasteiger partial charge on any atom is -0.481 e. The first-order chi connectivity index (χ1) is 9.72. The summed E-state index contributed by atoms with van der Waals surface area (Å²) in [5.74, 6) is -0.907. The van der Waals surface area contributed by atoms with Gasteiger partial charge in [0, 0.05) is 24.4 Å². The van der Waals surface area contributed by atoms with Gasteiger partial charge in [-0.3, -0.25) is 9.48 Å². The van der Waals surface area contributed by atoms with Crippen LogP contribution in [0.25, 0.3) is 0 Å². The number of hydrogen-bond acceptors (Lipinski definition) is 2. The van der Waals surface area contributed by atoms with E-state index in [1.54, 1.807) is 6.20 Å². The van der Waals surface area contributed by atoms with Crippen LogP contribution in [0, 0.1) is 5.92 Å². The van der Waals surface area contributed by atoms with Gasteiger partial charge in [0.15, 0.2) is 0 Å². The van der Waals surface area contributed by atoms with Crippen molar-refractivity contribution in [3.63, 3.8) is 0 Å². The lowest BCUT2D eigenvalue weighted by molar-refractivity contribution is -0.139. The topological polar surface area (TPSA) is 55.1 Å². The zero-order valence-corrected chi connectivity index (χ0v) is 11.3. The molecule has 1 fully saturated rings. The van der Waals surface area contributed by atoms with Crippen LogP contribution in [0.3, 0.4) is 0 Å². The van der Waals surface area contributed by atoms with Crippen LogP contribution in [0.2, 0.25) is 0 Å². The van der Waals surface area contributed by atoms with Gasteiger partial charge in [-0.2, -0.15) is 5.10 Å². The second kappa shape index (κ2) is 5.12. The molecular formula is C16H18N2O2. The molecule has 0 spiro atoms.